The molecule has 1 fully saturated rings. The fourth-order valence-corrected chi connectivity index (χ4v) is 3.15. The van der Waals surface area contributed by atoms with Gasteiger partial charge in [0.15, 0.2) is 0 Å². The molecule has 4 nitrogen and oxygen atoms in total. The second-order valence-electron chi connectivity index (χ2n) is 7.90. The molecule has 0 spiro atoms. The third-order valence-corrected chi connectivity index (χ3v) is 4.60. The predicted molar refractivity (Wildman–Crippen MR) is 101 cm³/mol. The number of hydrogen-bond acceptors (Lipinski definition) is 3. The molecule has 0 saturated carbocycles. The Morgan fingerprint density at radius 3 is 2.60 bits per heavy atom. The van der Waals surface area contributed by atoms with Crippen LogP contribution in [-0.2, 0) is 11.2 Å². The fraction of sp³-hybridized carbons (Fsp3) is 0.667. The number of benzene rings is 1. The second-order valence-corrected chi connectivity index (χ2v) is 7.90. The molecule has 0 aromatic heterocycles. The maximum Gasteiger partial charge on any atom is 0.410 e. The van der Waals surface area contributed by atoms with Crippen molar-refractivity contribution >= 4 is 6.09 Å². The van der Waals surface area contributed by atoms with Crippen LogP contribution in [0.1, 0.15) is 58.9 Å². The van der Waals surface area contributed by atoms with Gasteiger partial charge in [0, 0.05) is 13.1 Å². The van der Waals surface area contributed by atoms with E-state index in [4.69, 9.17) is 9.47 Å². The van der Waals surface area contributed by atoms with E-state index in [1.165, 1.54) is 5.56 Å². The minimum atomic E-state index is -0.416. The fourth-order valence-electron chi connectivity index (χ4n) is 3.15. The van der Waals surface area contributed by atoms with Crippen molar-refractivity contribution in [1.29, 1.82) is 0 Å². The first-order chi connectivity index (χ1) is 11.9. The Labute approximate surface area is 152 Å². The molecule has 2 rings (SSSR count). The lowest BCUT2D eigenvalue weighted by molar-refractivity contribution is 0.0179. The summed E-state index contributed by atoms with van der Waals surface area (Å²) in [5.74, 6) is 1.66. The molecule has 1 aromatic rings. The van der Waals surface area contributed by atoms with E-state index < -0.39 is 5.60 Å². The van der Waals surface area contributed by atoms with Gasteiger partial charge < -0.3 is 14.4 Å². The van der Waals surface area contributed by atoms with Crippen LogP contribution in [-0.4, -0.2) is 36.3 Å². The van der Waals surface area contributed by atoms with Crippen molar-refractivity contribution in [2.24, 2.45) is 5.92 Å². The minimum absolute atomic E-state index is 0.176. The first-order valence-corrected chi connectivity index (χ1v) is 9.57. The Kier molecular flexibility index (Phi) is 7.15. The summed E-state index contributed by atoms with van der Waals surface area (Å²) in [6.45, 7) is 10.3. The van der Waals surface area contributed by atoms with Crippen LogP contribution in [0.2, 0.25) is 0 Å². The number of carbonyl (C=O) groups is 1. The number of hydrogen-bond donors (Lipinski definition) is 0. The number of carbonyl (C=O) groups excluding carboxylic acids is 1. The lowest BCUT2D eigenvalue weighted by atomic mass is 9.92. The smallest absolute Gasteiger partial charge is 0.410 e. The van der Waals surface area contributed by atoms with E-state index >= 15 is 0 Å². The topological polar surface area (TPSA) is 38.8 Å². The van der Waals surface area contributed by atoms with Gasteiger partial charge >= 0.3 is 6.09 Å². The number of aryl methyl sites for hydroxylation is 1. The number of rotatable bonds is 6. The molecular weight excluding hydrogens is 314 g/mol. The van der Waals surface area contributed by atoms with Gasteiger partial charge in [-0.2, -0.15) is 0 Å². The standard InChI is InChI=1S/C21H33NO3/c1-5-17-8-6-10-19(16-17)24-15-7-9-18-11-13-22(14-12-18)20(23)25-21(2,3)4/h6,8,10,16,18H,5,7,9,11-15H2,1-4H3. The molecule has 0 aliphatic carbocycles. The van der Waals surface area contributed by atoms with Crippen molar-refractivity contribution in [3.63, 3.8) is 0 Å². The molecule has 1 saturated heterocycles. The number of ether oxygens (including phenoxy) is 2. The molecule has 1 aliphatic heterocycles. The van der Waals surface area contributed by atoms with E-state index in [-0.39, 0.29) is 6.09 Å². The Morgan fingerprint density at radius 1 is 1.24 bits per heavy atom. The van der Waals surface area contributed by atoms with Crippen LogP contribution in [0.15, 0.2) is 24.3 Å². The zero-order chi connectivity index (χ0) is 18.3. The highest BCUT2D eigenvalue weighted by atomic mass is 16.6. The van der Waals surface area contributed by atoms with E-state index in [9.17, 15) is 4.79 Å². The summed E-state index contributed by atoms with van der Waals surface area (Å²) in [5, 5.41) is 0. The summed E-state index contributed by atoms with van der Waals surface area (Å²) in [4.78, 5) is 13.9. The molecule has 1 amide bonds. The molecule has 140 valence electrons. The lowest BCUT2D eigenvalue weighted by Crippen LogP contribution is -2.41. The number of amides is 1. The molecular formula is C21H33NO3. The third-order valence-electron chi connectivity index (χ3n) is 4.60. The van der Waals surface area contributed by atoms with Gasteiger partial charge in [-0.3, -0.25) is 0 Å². The van der Waals surface area contributed by atoms with Gasteiger partial charge in [0.25, 0.3) is 0 Å². The van der Waals surface area contributed by atoms with Crippen LogP contribution in [0.25, 0.3) is 0 Å². The van der Waals surface area contributed by atoms with E-state index in [1.807, 2.05) is 31.7 Å². The van der Waals surface area contributed by atoms with Crippen molar-refractivity contribution in [3.8, 4) is 5.75 Å². The molecule has 25 heavy (non-hydrogen) atoms. The lowest BCUT2D eigenvalue weighted by Gasteiger charge is -2.33. The second kappa shape index (κ2) is 9.12. The molecule has 1 aliphatic rings. The Bertz CT molecular complexity index is 542. The van der Waals surface area contributed by atoms with Crippen LogP contribution in [0, 0.1) is 5.92 Å². The van der Waals surface area contributed by atoms with Gasteiger partial charge in [-0.25, -0.2) is 4.79 Å². The van der Waals surface area contributed by atoms with Gasteiger partial charge in [-0.05, 0) is 76.5 Å². The van der Waals surface area contributed by atoms with Gasteiger partial charge in [0.1, 0.15) is 11.4 Å². The molecule has 0 radical (unpaired) electrons. The van der Waals surface area contributed by atoms with Crippen molar-refractivity contribution in [2.75, 3.05) is 19.7 Å². The summed E-state index contributed by atoms with van der Waals surface area (Å²) in [6.07, 6.45) is 5.20. The first-order valence-electron chi connectivity index (χ1n) is 9.57. The average Bonchev–Trinajstić information content (AvgIpc) is 2.58. The SMILES string of the molecule is CCc1cccc(OCCCC2CCN(C(=O)OC(C)(C)C)CC2)c1. The highest BCUT2D eigenvalue weighted by molar-refractivity contribution is 5.68. The van der Waals surface area contributed by atoms with Crippen molar-refractivity contribution in [2.45, 2.75) is 65.4 Å². The largest absolute Gasteiger partial charge is 0.494 e. The summed E-state index contributed by atoms with van der Waals surface area (Å²) < 4.78 is 11.3. The third kappa shape index (κ3) is 6.97. The van der Waals surface area contributed by atoms with E-state index in [0.717, 1.165) is 57.6 Å². The van der Waals surface area contributed by atoms with Crippen molar-refractivity contribution in [3.05, 3.63) is 29.8 Å². The quantitative estimate of drug-likeness (QED) is 0.676. The van der Waals surface area contributed by atoms with E-state index in [2.05, 4.69) is 25.1 Å². The molecule has 4 heteroatoms. The molecule has 0 bridgehead atoms. The zero-order valence-corrected chi connectivity index (χ0v) is 16.2. The molecule has 0 N–H and O–H groups in total. The number of likely N-dealkylation sites (tertiary alicyclic amines) is 1. The van der Waals surface area contributed by atoms with Crippen LogP contribution in [0.5, 0.6) is 5.75 Å². The highest BCUT2D eigenvalue weighted by Gasteiger charge is 2.26. The van der Waals surface area contributed by atoms with Gasteiger partial charge in [-0.15, -0.1) is 0 Å². The van der Waals surface area contributed by atoms with E-state index in [0.29, 0.717) is 5.92 Å². The van der Waals surface area contributed by atoms with Gasteiger partial charge in [0.2, 0.25) is 0 Å². The Hall–Kier alpha value is -1.71. The summed E-state index contributed by atoms with van der Waals surface area (Å²) in [6, 6.07) is 8.34. The molecule has 0 atom stereocenters. The predicted octanol–water partition coefficient (Wildman–Crippen LogP) is 5.06. The number of piperidine rings is 1. The number of nitrogens with zero attached hydrogens (tertiary/aromatic N) is 1. The maximum absolute atomic E-state index is 12.1. The summed E-state index contributed by atoms with van der Waals surface area (Å²) in [7, 11) is 0. The van der Waals surface area contributed by atoms with Crippen molar-refractivity contribution < 1.29 is 14.3 Å². The normalized spacial score (nSPS) is 15.9. The van der Waals surface area contributed by atoms with Crippen LogP contribution < -0.4 is 4.74 Å². The average molecular weight is 347 g/mol. The molecule has 1 aromatic carbocycles. The summed E-state index contributed by atoms with van der Waals surface area (Å²) in [5.41, 5.74) is 0.896. The van der Waals surface area contributed by atoms with Crippen LogP contribution in [0.3, 0.4) is 0 Å². The van der Waals surface area contributed by atoms with Crippen LogP contribution >= 0.6 is 0 Å². The van der Waals surface area contributed by atoms with Gasteiger partial charge in [-0.1, -0.05) is 19.1 Å². The van der Waals surface area contributed by atoms with E-state index in [1.54, 1.807) is 0 Å². The highest BCUT2D eigenvalue weighted by Crippen LogP contribution is 2.23. The molecule has 0 unspecified atom stereocenters. The minimum Gasteiger partial charge on any atom is -0.494 e. The molecule has 1 heterocycles. The Morgan fingerprint density at radius 2 is 1.96 bits per heavy atom. The summed E-state index contributed by atoms with van der Waals surface area (Å²) >= 11 is 0. The monoisotopic (exact) mass is 347 g/mol. The first kappa shape index (κ1) is 19.6. The van der Waals surface area contributed by atoms with Crippen molar-refractivity contribution in [1.82, 2.24) is 4.90 Å². The van der Waals surface area contributed by atoms with Crippen LogP contribution in [0.4, 0.5) is 4.79 Å². The Balaban J connectivity index is 1.63. The van der Waals surface area contributed by atoms with Gasteiger partial charge in [0.05, 0.1) is 6.61 Å². The maximum atomic E-state index is 12.1. The zero-order valence-electron chi connectivity index (χ0n) is 16.2.